The van der Waals surface area contributed by atoms with E-state index < -0.39 is 0 Å². The molecule has 1 rings (SSSR count). The second-order valence-corrected chi connectivity index (χ2v) is 4.19. The van der Waals surface area contributed by atoms with Crippen molar-refractivity contribution in [2.75, 3.05) is 26.9 Å². The Kier molecular flexibility index (Phi) is 6.86. The molecule has 1 aromatic carbocycles. The molecule has 0 radical (unpaired) electrons. The SMILES string of the molecule is CCOc1cc(CNCCCO)c(Cl)cc1OC. The molecule has 0 atom stereocenters. The second kappa shape index (κ2) is 8.19. The quantitative estimate of drug-likeness (QED) is 0.713. The highest BCUT2D eigenvalue weighted by Gasteiger charge is 2.09. The summed E-state index contributed by atoms with van der Waals surface area (Å²) in [5.74, 6) is 1.34. The summed E-state index contributed by atoms with van der Waals surface area (Å²) >= 11 is 6.17. The maximum absolute atomic E-state index is 8.70. The van der Waals surface area contributed by atoms with Gasteiger partial charge in [-0.3, -0.25) is 0 Å². The van der Waals surface area contributed by atoms with Gasteiger partial charge in [0, 0.05) is 24.2 Å². The molecule has 5 heteroatoms. The van der Waals surface area contributed by atoms with Crippen molar-refractivity contribution in [2.24, 2.45) is 0 Å². The highest BCUT2D eigenvalue weighted by atomic mass is 35.5. The van der Waals surface area contributed by atoms with E-state index in [0.717, 1.165) is 18.5 Å². The Hall–Kier alpha value is -0.970. The van der Waals surface area contributed by atoms with Crippen LogP contribution in [0.4, 0.5) is 0 Å². The highest BCUT2D eigenvalue weighted by molar-refractivity contribution is 6.31. The van der Waals surface area contributed by atoms with E-state index in [9.17, 15) is 0 Å². The molecule has 0 aliphatic rings. The standard InChI is InChI=1S/C13H20ClNO3/c1-3-18-13-7-10(9-15-5-4-6-16)11(14)8-12(13)17-2/h7-8,15-16H,3-6,9H2,1-2H3. The Morgan fingerprint density at radius 2 is 2.11 bits per heavy atom. The first-order valence-electron chi connectivity index (χ1n) is 6.03. The van der Waals surface area contributed by atoms with E-state index in [1.54, 1.807) is 13.2 Å². The molecule has 0 aliphatic carbocycles. The van der Waals surface area contributed by atoms with Crippen LogP contribution in [0.1, 0.15) is 18.9 Å². The monoisotopic (exact) mass is 273 g/mol. The molecule has 0 saturated carbocycles. The minimum atomic E-state index is 0.188. The third-order valence-corrected chi connectivity index (χ3v) is 2.81. The number of aliphatic hydroxyl groups is 1. The minimum Gasteiger partial charge on any atom is -0.493 e. The molecule has 102 valence electrons. The van der Waals surface area contributed by atoms with Crippen molar-refractivity contribution in [2.45, 2.75) is 19.9 Å². The number of methoxy groups -OCH3 is 1. The summed E-state index contributed by atoms with van der Waals surface area (Å²) in [6.45, 7) is 4.09. The van der Waals surface area contributed by atoms with Crippen molar-refractivity contribution in [1.82, 2.24) is 5.32 Å². The Labute approximate surface area is 113 Å². The van der Waals surface area contributed by atoms with Crippen molar-refractivity contribution in [3.8, 4) is 11.5 Å². The van der Waals surface area contributed by atoms with Gasteiger partial charge in [0.15, 0.2) is 11.5 Å². The molecule has 0 bridgehead atoms. The Bertz CT molecular complexity index is 371. The Balaban J connectivity index is 2.74. The van der Waals surface area contributed by atoms with Gasteiger partial charge in [-0.2, -0.15) is 0 Å². The van der Waals surface area contributed by atoms with Gasteiger partial charge in [-0.25, -0.2) is 0 Å². The highest BCUT2D eigenvalue weighted by Crippen LogP contribution is 2.33. The molecule has 0 fully saturated rings. The molecule has 4 nitrogen and oxygen atoms in total. The maximum Gasteiger partial charge on any atom is 0.162 e. The smallest absolute Gasteiger partial charge is 0.162 e. The van der Waals surface area contributed by atoms with Gasteiger partial charge in [0.25, 0.3) is 0 Å². The third-order valence-electron chi connectivity index (χ3n) is 2.46. The first-order valence-corrected chi connectivity index (χ1v) is 6.41. The van der Waals surface area contributed by atoms with Crippen LogP contribution < -0.4 is 14.8 Å². The molecular weight excluding hydrogens is 254 g/mol. The molecular formula is C13H20ClNO3. The summed E-state index contributed by atoms with van der Waals surface area (Å²) in [5.41, 5.74) is 0.957. The van der Waals surface area contributed by atoms with Crippen LogP contribution in [-0.2, 0) is 6.54 Å². The fraction of sp³-hybridized carbons (Fsp3) is 0.538. The fourth-order valence-corrected chi connectivity index (χ4v) is 1.79. The van der Waals surface area contributed by atoms with Gasteiger partial charge in [-0.05, 0) is 31.5 Å². The molecule has 0 unspecified atom stereocenters. The third kappa shape index (κ3) is 4.37. The summed E-state index contributed by atoms with van der Waals surface area (Å²) in [6, 6.07) is 3.65. The lowest BCUT2D eigenvalue weighted by Crippen LogP contribution is -2.16. The topological polar surface area (TPSA) is 50.7 Å². The van der Waals surface area contributed by atoms with Crippen molar-refractivity contribution in [1.29, 1.82) is 0 Å². The van der Waals surface area contributed by atoms with Crippen LogP contribution in [0, 0.1) is 0 Å². The molecule has 0 aliphatic heterocycles. The van der Waals surface area contributed by atoms with E-state index >= 15 is 0 Å². The zero-order valence-corrected chi connectivity index (χ0v) is 11.6. The van der Waals surface area contributed by atoms with Crippen LogP contribution in [0.15, 0.2) is 12.1 Å². The van der Waals surface area contributed by atoms with Gasteiger partial charge in [0.05, 0.1) is 13.7 Å². The minimum absolute atomic E-state index is 0.188. The summed E-state index contributed by atoms with van der Waals surface area (Å²) < 4.78 is 10.7. The van der Waals surface area contributed by atoms with Gasteiger partial charge in [0.2, 0.25) is 0 Å². The Morgan fingerprint density at radius 3 is 2.72 bits per heavy atom. The first-order chi connectivity index (χ1) is 8.72. The summed E-state index contributed by atoms with van der Waals surface area (Å²) in [7, 11) is 1.59. The molecule has 0 saturated heterocycles. The van der Waals surface area contributed by atoms with Crippen molar-refractivity contribution < 1.29 is 14.6 Å². The second-order valence-electron chi connectivity index (χ2n) is 3.78. The zero-order valence-electron chi connectivity index (χ0n) is 10.8. The molecule has 0 spiro atoms. The number of hydrogen-bond acceptors (Lipinski definition) is 4. The normalized spacial score (nSPS) is 10.4. The molecule has 0 aromatic heterocycles. The maximum atomic E-state index is 8.70. The number of halogens is 1. The van der Waals surface area contributed by atoms with Crippen LogP contribution in [0.25, 0.3) is 0 Å². The van der Waals surface area contributed by atoms with Gasteiger partial charge < -0.3 is 19.9 Å². The number of rotatable bonds is 8. The van der Waals surface area contributed by atoms with Crippen molar-refractivity contribution in [3.05, 3.63) is 22.7 Å². The van der Waals surface area contributed by atoms with Gasteiger partial charge in [-0.15, -0.1) is 0 Å². The van der Waals surface area contributed by atoms with E-state index in [1.165, 1.54) is 0 Å². The largest absolute Gasteiger partial charge is 0.493 e. The van der Waals surface area contributed by atoms with Crippen LogP contribution in [0.2, 0.25) is 5.02 Å². The van der Waals surface area contributed by atoms with Crippen LogP contribution >= 0.6 is 11.6 Å². The van der Waals surface area contributed by atoms with Crippen LogP contribution in [0.3, 0.4) is 0 Å². The molecule has 2 N–H and O–H groups in total. The summed E-state index contributed by atoms with van der Waals surface area (Å²) in [6.07, 6.45) is 0.728. The van der Waals surface area contributed by atoms with Crippen molar-refractivity contribution in [3.63, 3.8) is 0 Å². The van der Waals surface area contributed by atoms with Crippen molar-refractivity contribution >= 4 is 11.6 Å². The van der Waals surface area contributed by atoms with Gasteiger partial charge >= 0.3 is 0 Å². The Morgan fingerprint density at radius 1 is 1.33 bits per heavy atom. The summed E-state index contributed by atoms with van der Waals surface area (Å²) in [4.78, 5) is 0. The predicted octanol–water partition coefficient (Wildman–Crippen LogP) is 2.22. The fourth-order valence-electron chi connectivity index (χ4n) is 1.57. The number of nitrogens with one attached hydrogen (secondary N) is 1. The molecule has 0 amide bonds. The van der Waals surface area contributed by atoms with Gasteiger partial charge in [0.1, 0.15) is 0 Å². The lowest BCUT2D eigenvalue weighted by Gasteiger charge is -2.13. The number of ether oxygens (including phenoxy) is 2. The zero-order chi connectivity index (χ0) is 13.4. The van der Waals surface area contributed by atoms with E-state index in [4.69, 9.17) is 26.2 Å². The van der Waals surface area contributed by atoms with Crippen LogP contribution in [0.5, 0.6) is 11.5 Å². The average molecular weight is 274 g/mol. The lowest BCUT2D eigenvalue weighted by atomic mass is 10.2. The van der Waals surface area contributed by atoms with Gasteiger partial charge in [-0.1, -0.05) is 11.6 Å². The number of benzene rings is 1. The molecule has 1 aromatic rings. The van der Waals surface area contributed by atoms with E-state index in [-0.39, 0.29) is 6.61 Å². The number of aliphatic hydroxyl groups excluding tert-OH is 1. The lowest BCUT2D eigenvalue weighted by molar-refractivity contribution is 0.286. The predicted molar refractivity (Wildman–Crippen MR) is 72.6 cm³/mol. The first kappa shape index (κ1) is 15.1. The average Bonchev–Trinajstić information content (AvgIpc) is 2.37. The molecule has 0 heterocycles. The van der Waals surface area contributed by atoms with Crippen LogP contribution in [-0.4, -0.2) is 32.0 Å². The van der Waals surface area contributed by atoms with E-state index in [1.807, 2.05) is 13.0 Å². The van der Waals surface area contributed by atoms with E-state index in [0.29, 0.717) is 29.7 Å². The van der Waals surface area contributed by atoms with E-state index in [2.05, 4.69) is 5.32 Å². The summed E-state index contributed by atoms with van der Waals surface area (Å²) in [5, 5.41) is 12.6. The number of hydrogen-bond donors (Lipinski definition) is 2. The molecule has 18 heavy (non-hydrogen) atoms.